The lowest BCUT2D eigenvalue weighted by Gasteiger charge is -2.41. The van der Waals surface area contributed by atoms with Crippen molar-refractivity contribution >= 4 is 44.4 Å². The number of ketones is 1. The summed E-state index contributed by atoms with van der Waals surface area (Å²) >= 11 is 0. The third-order valence-electron chi connectivity index (χ3n) is 8.26. The second-order valence-corrected chi connectivity index (χ2v) is 12.8. The molecule has 2 aromatic carbocycles. The van der Waals surface area contributed by atoms with Crippen molar-refractivity contribution in [3.63, 3.8) is 0 Å². The number of methoxy groups -OCH3 is 1. The van der Waals surface area contributed by atoms with Gasteiger partial charge in [0.2, 0.25) is 27.8 Å². The van der Waals surface area contributed by atoms with Gasteiger partial charge in [-0.15, -0.1) is 0 Å². The number of hydrogen-bond donors (Lipinski definition) is 2. The van der Waals surface area contributed by atoms with Crippen LogP contribution in [0.15, 0.2) is 53.6 Å². The highest BCUT2D eigenvalue weighted by Gasteiger charge is 2.42. The van der Waals surface area contributed by atoms with Crippen molar-refractivity contribution in [1.29, 1.82) is 0 Å². The van der Waals surface area contributed by atoms with E-state index in [0.29, 0.717) is 25.0 Å². The van der Waals surface area contributed by atoms with E-state index in [0.717, 1.165) is 25.0 Å². The number of nitrogens with two attached hydrogens (primary N) is 2. The van der Waals surface area contributed by atoms with Crippen molar-refractivity contribution < 1.29 is 35.9 Å². The second-order valence-electron chi connectivity index (χ2n) is 11.3. The number of ether oxygens (including phenoxy) is 1. The number of anilines is 2. The number of fused-ring (bicyclic) bond motifs is 3. The Hall–Kier alpha value is -5.09. The van der Waals surface area contributed by atoms with E-state index in [2.05, 4.69) is 15.0 Å². The lowest BCUT2D eigenvalue weighted by atomic mass is 9.99. The largest absolute Gasteiger partial charge is 0.481 e. The number of amides is 1. The molecule has 0 radical (unpaired) electrons. The molecular formula is C31H28F3N7O5S. The molecule has 0 aliphatic carbocycles. The number of hydrogen-bond acceptors (Lipinski definition) is 10. The molecule has 244 valence electrons. The molecule has 2 aliphatic rings. The summed E-state index contributed by atoms with van der Waals surface area (Å²) < 4.78 is 75.4. The van der Waals surface area contributed by atoms with Gasteiger partial charge in [-0.05, 0) is 61.7 Å². The number of piperazine rings is 1. The normalized spacial score (nSPS) is 17.9. The number of sulfonamides is 1. The Morgan fingerprint density at radius 2 is 1.70 bits per heavy atom. The molecule has 0 unspecified atom stereocenters. The van der Waals surface area contributed by atoms with Crippen LogP contribution in [0.5, 0.6) is 5.88 Å². The number of benzene rings is 2. The number of primary sulfonamides is 1. The average molecular weight is 668 g/mol. The van der Waals surface area contributed by atoms with Crippen LogP contribution in [0.25, 0.3) is 33.2 Å². The third kappa shape index (κ3) is 5.85. The minimum atomic E-state index is -4.55. The van der Waals surface area contributed by atoms with Gasteiger partial charge in [0.15, 0.2) is 11.6 Å². The Labute approximate surface area is 266 Å². The lowest BCUT2D eigenvalue weighted by Crippen LogP contribution is -2.55. The van der Waals surface area contributed by atoms with Crippen molar-refractivity contribution in [3.05, 3.63) is 66.1 Å². The van der Waals surface area contributed by atoms with Gasteiger partial charge in [0.25, 0.3) is 0 Å². The fourth-order valence-electron chi connectivity index (χ4n) is 6.26. The van der Waals surface area contributed by atoms with Gasteiger partial charge in [0.05, 0.1) is 18.2 Å². The van der Waals surface area contributed by atoms with Gasteiger partial charge in [0.1, 0.15) is 27.9 Å². The number of aromatic nitrogens is 3. The summed E-state index contributed by atoms with van der Waals surface area (Å²) in [5.41, 5.74) is 5.38. The predicted octanol–water partition coefficient (Wildman–Crippen LogP) is 3.34. The number of carbonyl (C=O) groups is 2. The molecule has 1 amide bonds. The second kappa shape index (κ2) is 11.9. The number of nitrogen functional groups attached to an aromatic ring is 1. The Balaban J connectivity index is 1.44. The molecule has 4 N–H and O–H groups in total. The van der Waals surface area contributed by atoms with Crippen molar-refractivity contribution in [1.82, 2.24) is 19.9 Å². The van der Waals surface area contributed by atoms with E-state index >= 15 is 13.2 Å². The van der Waals surface area contributed by atoms with Crippen LogP contribution in [-0.4, -0.2) is 72.2 Å². The van der Waals surface area contributed by atoms with Gasteiger partial charge in [-0.2, -0.15) is 4.98 Å². The number of halogens is 3. The summed E-state index contributed by atoms with van der Waals surface area (Å²) in [5.74, 6) is -3.87. The fraction of sp³-hybridized carbons (Fsp3) is 0.258. The summed E-state index contributed by atoms with van der Waals surface area (Å²) in [6.07, 6.45) is 5.25. The number of carbonyl (C=O) groups excluding carboxylic acids is 2. The summed E-state index contributed by atoms with van der Waals surface area (Å²) in [6, 6.07) is 5.12. The standard InChI is InChI=1S/C31H28F3N7O5S/c1-15(42)3-8-25(43)41-18-4-5-19(41)14-40(13-18)29-21-9-16(11-23(33)28(21)38-31(35)39-29)17-10-20(30(46-2)37-12-17)26-22(32)6-7-24(27(26)34)47(36,44)45/h3,6-12,18-19H,4-5,13-14H2,1-2H3,(H2,35,38,39)(H2,36,44,45)/b8-3+/t18-,19+. The average Bonchev–Trinajstić information content (AvgIpc) is 3.28. The van der Waals surface area contributed by atoms with Crippen LogP contribution in [0.1, 0.15) is 19.8 Å². The highest BCUT2D eigenvalue weighted by molar-refractivity contribution is 7.89. The van der Waals surface area contributed by atoms with Crippen molar-refractivity contribution in [2.75, 3.05) is 30.8 Å². The monoisotopic (exact) mass is 667 g/mol. The first-order chi connectivity index (χ1) is 22.3. The lowest BCUT2D eigenvalue weighted by molar-refractivity contribution is -0.129. The van der Waals surface area contributed by atoms with Crippen LogP contribution in [0.2, 0.25) is 0 Å². The highest BCUT2D eigenvalue weighted by Crippen LogP contribution is 2.40. The molecule has 4 heterocycles. The van der Waals surface area contributed by atoms with Crippen LogP contribution in [-0.2, 0) is 19.6 Å². The van der Waals surface area contributed by atoms with Crippen LogP contribution < -0.4 is 20.5 Å². The predicted molar refractivity (Wildman–Crippen MR) is 166 cm³/mol. The van der Waals surface area contributed by atoms with Crippen molar-refractivity contribution in [3.8, 4) is 28.1 Å². The maximum atomic E-state index is 15.7. The van der Waals surface area contributed by atoms with E-state index in [9.17, 15) is 18.0 Å². The Bertz CT molecular complexity index is 2100. The summed E-state index contributed by atoms with van der Waals surface area (Å²) in [4.78, 5) is 39.7. The van der Waals surface area contributed by atoms with Gasteiger partial charge >= 0.3 is 0 Å². The number of rotatable bonds is 7. The third-order valence-corrected chi connectivity index (χ3v) is 9.19. The van der Waals surface area contributed by atoms with E-state index in [-0.39, 0.29) is 63.2 Å². The first-order valence-corrected chi connectivity index (χ1v) is 15.9. The molecule has 47 heavy (non-hydrogen) atoms. The zero-order valence-electron chi connectivity index (χ0n) is 25.1. The molecule has 2 aliphatic heterocycles. The summed E-state index contributed by atoms with van der Waals surface area (Å²) in [5, 5.41) is 5.42. The molecule has 16 heteroatoms. The van der Waals surface area contributed by atoms with Crippen molar-refractivity contribution in [2.45, 2.75) is 36.7 Å². The zero-order chi connectivity index (χ0) is 33.8. The molecule has 2 bridgehead atoms. The molecule has 0 spiro atoms. The number of allylic oxidation sites excluding steroid dienone is 1. The maximum Gasteiger partial charge on any atom is 0.247 e. The van der Waals surface area contributed by atoms with Gasteiger partial charge < -0.3 is 20.3 Å². The van der Waals surface area contributed by atoms with E-state index in [4.69, 9.17) is 15.6 Å². The van der Waals surface area contributed by atoms with Gasteiger partial charge in [-0.25, -0.2) is 36.7 Å². The molecule has 2 aromatic heterocycles. The van der Waals surface area contributed by atoms with Crippen LogP contribution in [0.4, 0.5) is 24.9 Å². The van der Waals surface area contributed by atoms with E-state index < -0.39 is 37.9 Å². The minimum absolute atomic E-state index is 0.0638. The quantitative estimate of drug-likeness (QED) is 0.278. The Morgan fingerprint density at radius 3 is 2.34 bits per heavy atom. The zero-order valence-corrected chi connectivity index (χ0v) is 25.9. The Kier molecular flexibility index (Phi) is 8.09. The highest BCUT2D eigenvalue weighted by atomic mass is 32.2. The van der Waals surface area contributed by atoms with E-state index in [1.54, 1.807) is 11.0 Å². The molecule has 6 rings (SSSR count). The minimum Gasteiger partial charge on any atom is -0.481 e. The molecule has 12 nitrogen and oxygen atoms in total. The Morgan fingerprint density at radius 1 is 1.00 bits per heavy atom. The molecule has 2 atom stereocenters. The molecule has 2 fully saturated rings. The van der Waals surface area contributed by atoms with E-state index in [1.165, 1.54) is 38.4 Å². The molecular weight excluding hydrogens is 639 g/mol. The topological polar surface area (TPSA) is 175 Å². The number of pyridine rings is 1. The van der Waals surface area contributed by atoms with Crippen LogP contribution in [0.3, 0.4) is 0 Å². The summed E-state index contributed by atoms with van der Waals surface area (Å²) in [6.45, 7) is 2.08. The van der Waals surface area contributed by atoms with Gasteiger partial charge in [-0.1, -0.05) is 0 Å². The van der Waals surface area contributed by atoms with E-state index in [1.807, 2.05) is 4.90 Å². The van der Waals surface area contributed by atoms with Gasteiger partial charge in [-0.3, -0.25) is 9.59 Å². The van der Waals surface area contributed by atoms with Crippen LogP contribution >= 0.6 is 0 Å². The first kappa shape index (κ1) is 31.9. The maximum absolute atomic E-state index is 15.7. The molecule has 2 saturated heterocycles. The first-order valence-electron chi connectivity index (χ1n) is 14.3. The molecule has 0 saturated carbocycles. The smallest absolute Gasteiger partial charge is 0.247 e. The van der Waals surface area contributed by atoms with Gasteiger partial charge in [0, 0.05) is 48.4 Å². The van der Waals surface area contributed by atoms with Crippen molar-refractivity contribution in [2.24, 2.45) is 5.14 Å². The summed E-state index contributed by atoms with van der Waals surface area (Å²) in [7, 11) is -3.33. The SMILES string of the molecule is COc1ncc(-c2cc(F)c3nc(N)nc(N4C[C@H]5CC[C@@H](C4)N5C(=O)/C=C/C(C)=O)c3c2)cc1-c1c(F)ccc(S(N)(=O)=O)c1F. The fourth-order valence-corrected chi connectivity index (χ4v) is 6.87. The number of nitrogens with zero attached hydrogens (tertiary/aromatic N) is 5. The molecule has 4 aromatic rings. The van der Waals surface area contributed by atoms with Crippen LogP contribution in [0, 0.1) is 17.5 Å².